The van der Waals surface area contributed by atoms with Crippen LogP contribution in [0, 0.1) is 11.3 Å². The van der Waals surface area contributed by atoms with Crippen LogP contribution in [0.25, 0.3) is 0 Å². The van der Waals surface area contributed by atoms with Crippen molar-refractivity contribution in [2.75, 3.05) is 0 Å². The number of nitrogens with one attached hydrogen (secondary N) is 1. The lowest BCUT2D eigenvalue weighted by Gasteiger charge is -2.05. The zero-order valence-electron chi connectivity index (χ0n) is 5.53. The van der Waals surface area contributed by atoms with Gasteiger partial charge < -0.3 is 0 Å². The molecule has 0 saturated carbocycles. The Morgan fingerprint density at radius 3 is 2.60 bits per heavy atom. The molecule has 0 aromatic rings. The molecule has 6 heteroatoms. The summed E-state index contributed by atoms with van der Waals surface area (Å²) < 4.78 is 22.6. The van der Waals surface area contributed by atoms with Crippen molar-refractivity contribution in [2.45, 2.75) is 19.4 Å². The molecule has 5 nitrogen and oxygen atoms in total. The van der Waals surface area contributed by atoms with Crippen molar-refractivity contribution < 1.29 is 8.42 Å². The minimum absolute atomic E-state index is 0.121. The van der Waals surface area contributed by atoms with Gasteiger partial charge in [-0.25, -0.2) is 5.14 Å². The van der Waals surface area contributed by atoms with Crippen LogP contribution in [-0.2, 0) is 10.2 Å². The molecule has 0 radical (unpaired) electrons. The molecule has 0 bridgehead atoms. The molecule has 10 heavy (non-hydrogen) atoms. The number of hydrogen-bond donors (Lipinski definition) is 2. The Morgan fingerprint density at radius 2 is 2.30 bits per heavy atom. The topological polar surface area (TPSA) is 96.0 Å². The summed E-state index contributed by atoms with van der Waals surface area (Å²) >= 11 is 0. The highest BCUT2D eigenvalue weighted by molar-refractivity contribution is 7.87. The van der Waals surface area contributed by atoms with Gasteiger partial charge in [-0.15, -0.1) is 0 Å². The first-order valence-corrected chi connectivity index (χ1v) is 4.17. The Balaban J connectivity index is 3.83. The molecule has 0 aliphatic rings. The van der Waals surface area contributed by atoms with E-state index in [9.17, 15) is 8.42 Å². The summed E-state index contributed by atoms with van der Waals surface area (Å²) in [4.78, 5) is 0. The molecule has 3 N–H and O–H groups in total. The molecule has 0 fully saturated rings. The Bertz CT molecular complexity index is 227. The van der Waals surface area contributed by atoms with Crippen LogP contribution >= 0.6 is 0 Å². The van der Waals surface area contributed by atoms with Crippen molar-refractivity contribution in [1.29, 1.82) is 5.26 Å². The minimum atomic E-state index is -3.65. The smallest absolute Gasteiger partial charge is 0.216 e. The SMILES string of the molecule is CC(CC#N)NS(N)(=O)=O. The van der Waals surface area contributed by atoms with E-state index in [0.717, 1.165) is 0 Å². The maximum Gasteiger partial charge on any atom is 0.274 e. The van der Waals surface area contributed by atoms with Crippen LogP contribution < -0.4 is 9.86 Å². The fourth-order valence-corrected chi connectivity index (χ4v) is 1.10. The van der Waals surface area contributed by atoms with Gasteiger partial charge in [0.2, 0.25) is 0 Å². The predicted octanol–water partition coefficient (Wildman–Crippen LogP) is -0.918. The third-order valence-corrected chi connectivity index (χ3v) is 1.49. The number of nitrogens with two attached hydrogens (primary N) is 1. The number of nitriles is 1. The maximum atomic E-state index is 10.3. The van der Waals surface area contributed by atoms with Crippen LogP contribution in [-0.4, -0.2) is 14.5 Å². The summed E-state index contributed by atoms with van der Waals surface area (Å²) in [6.45, 7) is 1.56. The van der Waals surface area contributed by atoms with Gasteiger partial charge in [0.1, 0.15) is 0 Å². The summed E-state index contributed by atoms with van der Waals surface area (Å²) in [6.07, 6.45) is 0.121. The van der Waals surface area contributed by atoms with Crippen LogP contribution in [0.15, 0.2) is 0 Å². The zero-order valence-corrected chi connectivity index (χ0v) is 6.35. The number of rotatable bonds is 3. The molecular formula is C4H9N3O2S. The Labute approximate surface area is 60.0 Å². The zero-order chi connectivity index (χ0) is 8.20. The van der Waals surface area contributed by atoms with Crippen LogP contribution in [0.2, 0.25) is 0 Å². The van der Waals surface area contributed by atoms with E-state index in [2.05, 4.69) is 5.14 Å². The van der Waals surface area contributed by atoms with Crippen molar-refractivity contribution in [3.05, 3.63) is 0 Å². The molecule has 0 aromatic carbocycles. The van der Waals surface area contributed by atoms with Gasteiger partial charge in [-0.3, -0.25) is 0 Å². The second-order valence-electron chi connectivity index (χ2n) is 1.93. The first-order valence-electron chi connectivity index (χ1n) is 2.62. The molecule has 0 aromatic heterocycles. The lowest BCUT2D eigenvalue weighted by Crippen LogP contribution is -2.37. The van der Waals surface area contributed by atoms with E-state index in [1.54, 1.807) is 6.92 Å². The van der Waals surface area contributed by atoms with Crippen LogP contribution in [0.3, 0.4) is 0 Å². The van der Waals surface area contributed by atoms with Gasteiger partial charge in [-0.2, -0.15) is 18.4 Å². The van der Waals surface area contributed by atoms with Gasteiger partial charge >= 0.3 is 0 Å². The monoisotopic (exact) mass is 163 g/mol. The molecule has 0 aliphatic carbocycles. The van der Waals surface area contributed by atoms with Gasteiger partial charge in [0, 0.05) is 6.04 Å². The quantitative estimate of drug-likeness (QED) is 0.563. The van der Waals surface area contributed by atoms with E-state index >= 15 is 0 Å². The molecule has 58 valence electrons. The Morgan fingerprint density at radius 1 is 1.80 bits per heavy atom. The second-order valence-corrected chi connectivity index (χ2v) is 3.25. The standard InChI is InChI=1S/C4H9N3O2S/c1-4(2-3-5)7-10(6,8)9/h4,7H,2H2,1H3,(H2,6,8,9). The average Bonchev–Trinajstić information content (AvgIpc) is 1.59. The highest BCUT2D eigenvalue weighted by atomic mass is 32.2. The molecule has 1 unspecified atom stereocenters. The Kier molecular flexibility index (Phi) is 3.28. The predicted molar refractivity (Wildman–Crippen MR) is 35.9 cm³/mol. The maximum absolute atomic E-state index is 10.3. The summed E-state index contributed by atoms with van der Waals surface area (Å²) in [7, 11) is -3.65. The van der Waals surface area contributed by atoms with Gasteiger partial charge in [0.05, 0.1) is 12.5 Å². The van der Waals surface area contributed by atoms with E-state index in [0.29, 0.717) is 0 Å². The van der Waals surface area contributed by atoms with Crippen LogP contribution in [0.4, 0.5) is 0 Å². The van der Waals surface area contributed by atoms with Crippen molar-refractivity contribution in [3.8, 4) is 6.07 Å². The van der Waals surface area contributed by atoms with E-state index in [1.165, 1.54) is 0 Å². The largest absolute Gasteiger partial charge is 0.274 e. The molecule has 0 saturated heterocycles. The van der Waals surface area contributed by atoms with E-state index < -0.39 is 16.3 Å². The Hall–Kier alpha value is -0.640. The van der Waals surface area contributed by atoms with Gasteiger partial charge in [-0.05, 0) is 6.92 Å². The third-order valence-electron chi connectivity index (χ3n) is 0.763. The van der Waals surface area contributed by atoms with Crippen molar-refractivity contribution >= 4 is 10.2 Å². The molecule has 1 atom stereocenters. The fourth-order valence-electron chi connectivity index (χ4n) is 0.459. The van der Waals surface area contributed by atoms with Gasteiger partial charge in [0.15, 0.2) is 0 Å². The first-order chi connectivity index (χ1) is 4.45. The summed E-state index contributed by atoms with van der Waals surface area (Å²) in [5.41, 5.74) is 0. The van der Waals surface area contributed by atoms with Gasteiger partial charge in [-0.1, -0.05) is 0 Å². The highest BCUT2D eigenvalue weighted by Crippen LogP contribution is 1.87. The number of hydrogen-bond acceptors (Lipinski definition) is 3. The molecule has 0 heterocycles. The highest BCUT2D eigenvalue weighted by Gasteiger charge is 2.06. The number of nitrogens with zero attached hydrogens (tertiary/aromatic N) is 1. The summed E-state index contributed by atoms with van der Waals surface area (Å²) in [5.74, 6) is 0. The van der Waals surface area contributed by atoms with Crippen LogP contribution in [0.1, 0.15) is 13.3 Å². The summed E-state index contributed by atoms with van der Waals surface area (Å²) in [5, 5.41) is 12.7. The molecule has 0 aliphatic heterocycles. The van der Waals surface area contributed by atoms with E-state index in [1.807, 2.05) is 10.8 Å². The molecule has 0 rings (SSSR count). The minimum Gasteiger partial charge on any atom is -0.216 e. The molecular weight excluding hydrogens is 154 g/mol. The normalized spacial score (nSPS) is 14.1. The van der Waals surface area contributed by atoms with Crippen molar-refractivity contribution in [1.82, 2.24) is 4.72 Å². The van der Waals surface area contributed by atoms with E-state index in [4.69, 9.17) is 5.26 Å². The third kappa shape index (κ3) is 5.50. The molecule has 0 spiro atoms. The van der Waals surface area contributed by atoms with Crippen molar-refractivity contribution in [3.63, 3.8) is 0 Å². The molecule has 0 amide bonds. The van der Waals surface area contributed by atoms with E-state index in [-0.39, 0.29) is 6.42 Å². The van der Waals surface area contributed by atoms with Gasteiger partial charge in [0.25, 0.3) is 10.2 Å². The lowest BCUT2D eigenvalue weighted by atomic mass is 10.3. The average molecular weight is 163 g/mol. The summed E-state index contributed by atoms with van der Waals surface area (Å²) in [6, 6.07) is 1.39. The lowest BCUT2D eigenvalue weighted by molar-refractivity contribution is 0.565. The second kappa shape index (κ2) is 3.51. The van der Waals surface area contributed by atoms with Crippen molar-refractivity contribution in [2.24, 2.45) is 5.14 Å². The fraction of sp³-hybridized carbons (Fsp3) is 0.750. The first kappa shape index (κ1) is 9.36. The van der Waals surface area contributed by atoms with Crippen LogP contribution in [0.5, 0.6) is 0 Å².